The van der Waals surface area contributed by atoms with Gasteiger partial charge < -0.3 is 19.7 Å². The van der Waals surface area contributed by atoms with Gasteiger partial charge in [0.2, 0.25) is 11.6 Å². The first-order chi connectivity index (χ1) is 15.7. The van der Waals surface area contributed by atoms with Crippen LogP contribution in [0.4, 0.5) is 0 Å². The molecule has 2 aliphatic heterocycles. The molecule has 0 aromatic heterocycles. The van der Waals surface area contributed by atoms with E-state index in [4.69, 9.17) is 9.47 Å². The van der Waals surface area contributed by atoms with Crippen LogP contribution in [0.5, 0.6) is 17.2 Å². The third kappa shape index (κ3) is 2.60. The summed E-state index contributed by atoms with van der Waals surface area (Å²) in [6.45, 7) is 15.5. The lowest BCUT2D eigenvalue weighted by atomic mass is 9.53. The number of ether oxygens (including phenoxy) is 2. The predicted octanol–water partition coefficient (Wildman–Crippen LogP) is 4.92. The summed E-state index contributed by atoms with van der Waals surface area (Å²) >= 11 is 0. The first-order valence-corrected chi connectivity index (χ1v) is 11.8. The second-order valence-corrected chi connectivity index (χ2v) is 11.5. The van der Waals surface area contributed by atoms with Crippen LogP contribution in [0.15, 0.2) is 42.0 Å². The second kappa shape index (κ2) is 6.63. The number of allylic oxidation sites excluding steroid dienone is 2. The third-order valence-electron chi connectivity index (χ3n) is 8.31. The number of rotatable bonds is 4. The molecular formula is C28H32O6. The lowest BCUT2D eigenvalue weighted by molar-refractivity contribution is -0.166. The van der Waals surface area contributed by atoms with Gasteiger partial charge in [-0.25, -0.2) is 0 Å². The number of aromatic hydroxyl groups is 2. The van der Waals surface area contributed by atoms with Gasteiger partial charge in [0.25, 0.3) is 0 Å². The molecule has 0 radical (unpaired) electrons. The molecule has 3 aliphatic carbocycles. The minimum atomic E-state index is -1.53. The topological polar surface area (TPSA) is 93.1 Å². The van der Waals surface area contributed by atoms with E-state index in [0.29, 0.717) is 18.4 Å². The fourth-order valence-electron chi connectivity index (χ4n) is 6.50. The summed E-state index contributed by atoms with van der Waals surface area (Å²) < 4.78 is 13.1. The number of phenols is 2. The highest BCUT2D eigenvalue weighted by Crippen LogP contribution is 2.65. The number of hydrogen-bond donors (Lipinski definition) is 2. The Morgan fingerprint density at radius 3 is 2.53 bits per heavy atom. The fraction of sp³-hybridized carbons (Fsp3) is 0.500. The van der Waals surface area contributed by atoms with E-state index < -0.39 is 28.0 Å². The molecule has 1 saturated heterocycles. The van der Waals surface area contributed by atoms with Crippen LogP contribution in [-0.2, 0) is 14.9 Å². The van der Waals surface area contributed by atoms with Crippen LogP contribution < -0.4 is 4.74 Å². The highest BCUT2D eigenvalue weighted by atomic mass is 16.6. The summed E-state index contributed by atoms with van der Waals surface area (Å²) in [5, 5.41) is 21.5. The van der Waals surface area contributed by atoms with E-state index in [1.54, 1.807) is 6.08 Å². The van der Waals surface area contributed by atoms with E-state index in [2.05, 4.69) is 6.58 Å². The fourth-order valence-corrected chi connectivity index (χ4v) is 6.50. The van der Waals surface area contributed by atoms with Crippen molar-refractivity contribution in [1.29, 1.82) is 0 Å². The average Bonchev–Trinajstić information content (AvgIpc) is 2.93. The Balaban J connectivity index is 1.79. The zero-order valence-corrected chi connectivity index (χ0v) is 20.6. The van der Waals surface area contributed by atoms with Gasteiger partial charge in [0.1, 0.15) is 28.4 Å². The third-order valence-corrected chi connectivity index (χ3v) is 8.31. The number of phenolic OH excluding ortho intramolecular Hbond substituents is 2. The quantitative estimate of drug-likeness (QED) is 0.614. The van der Waals surface area contributed by atoms with Crippen molar-refractivity contribution in [3.63, 3.8) is 0 Å². The van der Waals surface area contributed by atoms with Crippen LogP contribution in [0.2, 0.25) is 0 Å². The van der Waals surface area contributed by atoms with Gasteiger partial charge in [-0.05, 0) is 27.7 Å². The van der Waals surface area contributed by atoms with Crippen LogP contribution in [0, 0.1) is 11.8 Å². The Hall–Kier alpha value is -2.86. The van der Waals surface area contributed by atoms with Gasteiger partial charge in [0.15, 0.2) is 5.60 Å². The maximum absolute atomic E-state index is 14.4. The van der Waals surface area contributed by atoms with E-state index in [-0.39, 0.29) is 46.0 Å². The number of fused-ring (bicyclic) bond motifs is 1. The Morgan fingerprint density at radius 2 is 1.91 bits per heavy atom. The highest BCUT2D eigenvalue weighted by Gasteiger charge is 2.76. The standard InChI is InChI=1S/C28H32O6/c1-8-25(4,5)21-19(30)12-18(29)20-22(31)16-11-15-17-13-28(16,33-23(20)21)24(32)27(15,10-9-14(2)3)34-26(17,6)7/h8-9,11-12,15,17,29-30H,1,10,13H2,2-7H3/t15-,17+,27+,28+/m1/s1. The molecule has 0 amide bonds. The highest BCUT2D eigenvalue weighted by molar-refractivity contribution is 6.21. The summed E-state index contributed by atoms with van der Waals surface area (Å²) in [7, 11) is 0. The maximum Gasteiger partial charge on any atom is 0.213 e. The predicted molar refractivity (Wildman–Crippen MR) is 127 cm³/mol. The van der Waals surface area contributed by atoms with Crippen molar-refractivity contribution in [1.82, 2.24) is 0 Å². The van der Waals surface area contributed by atoms with Crippen molar-refractivity contribution in [2.24, 2.45) is 11.8 Å². The van der Waals surface area contributed by atoms with Crippen LogP contribution >= 0.6 is 0 Å². The van der Waals surface area contributed by atoms with Crippen LogP contribution in [0.3, 0.4) is 0 Å². The number of ketones is 2. The van der Waals surface area contributed by atoms with Crippen molar-refractivity contribution in [3.8, 4) is 17.2 Å². The lowest BCUT2D eigenvalue weighted by Crippen LogP contribution is -2.68. The molecule has 2 fully saturated rings. The Morgan fingerprint density at radius 1 is 1.24 bits per heavy atom. The Kier molecular flexibility index (Phi) is 4.47. The summed E-state index contributed by atoms with van der Waals surface area (Å²) in [6.07, 6.45) is 6.21. The zero-order chi connectivity index (χ0) is 25.0. The van der Waals surface area contributed by atoms with Crippen LogP contribution in [0.25, 0.3) is 0 Å². The van der Waals surface area contributed by atoms with Gasteiger partial charge in [0, 0.05) is 47.3 Å². The van der Waals surface area contributed by atoms with Gasteiger partial charge in [-0.3, -0.25) is 9.59 Å². The first-order valence-electron chi connectivity index (χ1n) is 11.8. The van der Waals surface area contributed by atoms with Crippen molar-refractivity contribution in [3.05, 3.63) is 53.1 Å². The largest absolute Gasteiger partial charge is 0.507 e. The van der Waals surface area contributed by atoms with Crippen molar-refractivity contribution < 1.29 is 29.3 Å². The van der Waals surface area contributed by atoms with Gasteiger partial charge in [-0.2, -0.15) is 0 Å². The summed E-state index contributed by atoms with van der Waals surface area (Å²) in [6, 6.07) is 1.16. The zero-order valence-electron chi connectivity index (χ0n) is 20.6. The van der Waals surface area contributed by atoms with Gasteiger partial charge in [-0.1, -0.05) is 37.6 Å². The molecule has 1 spiro atoms. The minimum absolute atomic E-state index is 0.0224. The summed E-state index contributed by atoms with van der Waals surface area (Å²) in [5.74, 6) is -1.53. The summed E-state index contributed by atoms with van der Waals surface area (Å²) in [4.78, 5) is 28.2. The number of Topliss-reactive ketones (excluding diaryl/α,β-unsaturated/α-hetero) is 2. The normalized spacial score (nSPS) is 32.5. The average molecular weight is 465 g/mol. The molecule has 2 heterocycles. The van der Waals surface area contributed by atoms with Crippen molar-refractivity contribution >= 4 is 11.6 Å². The molecule has 6 nitrogen and oxygen atoms in total. The lowest BCUT2D eigenvalue weighted by Gasteiger charge is -2.53. The molecule has 34 heavy (non-hydrogen) atoms. The number of carbonyl (C=O) groups excluding carboxylic acids is 2. The smallest absolute Gasteiger partial charge is 0.213 e. The molecule has 1 aromatic rings. The molecule has 180 valence electrons. The Bertz CT molecular complexity index is 1230. The maximum atomic E-state index is 14.4. The van der Waals surface area contributed by atoms with E-state index in [0.717, 1.165) is 11.6 Å². The van der Waals surface area contributed by atoms with Crippen molar-refractivity contribution in [2.75, 3.05) is 0 Å². The van der Waals surface area contributed by atoms with E-state index in [9.17, 15) is 19.8 Å². The molecule has 4 atom stereocenters. The SMILES string of the molecule is C=CC(C)(C)c1c(O)cc(O)c2c1O[C@@]13C[C@H]4[C@@H](C=C1C2=O)[C@](CC=C(C)C)(OC4(C)C)C3=O. The van der Waals surface area contributed by atoms with E-state index in [1.165, 1.54) is 0 Å². The van der Waals surface area contributed by atoms with E-state index in [1.807, 2.05) is 53.7 Å². The van der Waals surface area contributed by atoms with Crippen LogP contribution in [0.1, 0.15) is 70.3 Å². The molecule has 1 saturated carbocycles. The molecule has 0 unspecified atom stereocenters. The summed E-state index contributed by atoms with van der Waals surface area (Å²) in [5.41, 5.74) is -2.39. The second-order valence-electron chi connectivity index (χ2n) is 11.5. The Labute approximate surface area is 200 Å². The molecule has 5 aliphatic rings. The first kappa shape index (κ1) is 22.9. The molecule has 6 heteroatoms. The van der Waals surface area contributed by atoms with E-state index >= 15 is 0 Å². The molecular weight excluding hydrogens is 432 g/mol. The van der Waals surface area contributed by atoms with Gasteiger partial charge >= 0.3 is 0 Å². The van der Waals surface area contributed by atoms with Crippen molar-refractivity contribution in [2.45, 2.75) is 76.6 Å². The number of carbonyl (C=O) groups is 2. The monoisotopic (exact) mass is 464 g/mol. The number of benzene rings is 1. The van der Waals surface area contributed by atoms with Gasteiger partial charge in [-0.15, -0.1) is 6.58 Å². The molecule has 1 aromatic carbocycles. The molecule has 4 bridgehead atoms. The number of hydrogen-bond acceptors (Lipinski definition) is 6. The molecule has 2 N–H and O–H groups in total. The van der Waals surface area contributed by atoms with Gasteiger partial charge in [0.05, 0.1) is 5.60 Å². The minimum Gasteiger partial charge on any atom is -0.507 e. The van der Waals surface area contributed by atoms with Crippen LogP contribution in [-0.4, -0.2) is 38.6 Å². The molecule has 6 rings (SSSR count).